The van der Waals surface area contributed by atoms with Crippen LogP contribution in [-0.2, 0) is 9.53 Å². The van der Waals surface area contributed by atoms with E-state index in [4.69, 9.17) is 14.6 Å². The van der Waals surface area contributed by atoms with Crippen molar-refractivity contribution in [2.24, 2.45) is 5.92 Å². The van der Waals surface area contributed by atoms with E-state index in [1.54, 1.807) is 26.0 Å². The minimum absolute atomic E-state index is 0.0399. The predicted octanol–water partition coefficient (Wildman–Crippen LogP) is 2.44. The van der Waals surface area contributed by atoms with Crippen molar-refractivity contribution < 1.29 is 29.0 Å². The number of ether oxygens (including phenoxy) is 2. The Labute approximate surface area is 146 Å². The van der Waals surface area contributed by atoms with Crippen molar-refractivity contribution in [2.75, 3.05) is 26.0 Å². The minimum atomic E-state index is -0.990. The van der Waals surface area contributed by atoms with E-state index in [-0.39, 0.29) is 24.0 Å². The van der Waals surface area contributed by atoms with Crippen LogP contribution in [0.2, 0.25) is 0 Å². The Bertz CT molecular complexity index is 644. The topological polar surface area (TPSA) is 105 Å². The summed E-state index contributed by atoms with van der Waals surface area (Å²) < 4.78 is 10.4. The van der Waals surface area contributed by atoms with Crippen LogP contribution >= 0.6 is 0 Å². The summed E-state index contributed by atoms with van der Waals surface area (Å²) in [5.41, 5.74) is 0.493. The molecule has 25 heavy (non-hydrogen) atoms. The van der Waals surface area contributed by atoms with Crippen molar-refractivity contribution in [3.63, 3.8) is 0 Å². The summed E-state index contributed by atoms with van der Waals surface area (Å²) in [6.07, 6.45) is -0.230. The average Bonchev–Trinajstić information content (AvgIpc) is 2.54. The summed E-state index contributed by atoms with van der Waals surface area (Å²) in [6, 6.07) is 4.21. The Morgan fingerprint density at radius 1 is 1.24 bits per heavy atom. The zero-order valence-electron chi connectivity index (χ0n) is 15.0. The number of esters is 1. The van der Waals surface area contributed by atoms with Gasteiger partial charge in [-0.1, -0.05) is 13.0 Å². The Kier molecular flexibility index (Phi) is 7.22. The van der Waals surface area contributed by atoms with Crippen LogP contribution in [0.15, 0.2) is 18.2 Å². The van der Waals surface area contributed by atoms with Crippen LogP contribution in [0.4, 0.5) is 10.5 Å². The summed E-state index contributed by atoms with van der Waals surface area (Å²) in [4.78, 5) is 36.4. The minimum Gasteiger partial charge on any atom is -0.488 e. The highest BCUT2D eigenvalue weighted by atomic mass is 16.5. The summed E-state index contributed by atoms with van der Waals surface area (Å²) in [5.74, 6) is -2.07. The quantitative estimate of drug-likeness (QED) is 0.730. The van der Waals surface area contributed by atoms with E-state index in [0.29, 0.717) is 5.69 Å². The third-order valence-electron chi connectivity index (χ3n) is 3.33. The molecule has 138 valence electrons. The number of methoxy groups -OCH3 is 1. The van der Waals surface area contributed by atoms with Crippen molar-refractivity contribution in [3.05, 3.63) is 23.8 Å². The molecule has 0 radical (unpaired) electrons. The zero-order valence-corrected chi connectivity index (χ0v) is 15.0. The molecular formula is C17H24N2O6. The summed E-state index contributed by atoms with van der Waals surface area (Å²) >= 11 is 0. The fraction of sp³-hybridized carbons (Fsp3) is 0.471. The van der Waals surface area contributed by atoms with E-state index in [1.165, 1.54) is 32.0 Å². The van der Waals surface area contributed by atoms with Gasteiger partial charge in [-0.2, -0.15) is 0 Å². The number of carbonyl (C=O) groups excluding carboxylic acids is 2. The summed E-state index contributed by atoms with van der Waals surface area (Å²) in [5, 5.41) is 11.6. The highest BCUT2D eigenvalue weighted by Gasteiger charge is 2.22. The number of benzene rings is 1. The lowest BCUT2D eigenvalue weighted by molar-refractivity contribution is -0.141. The molecule has 0 saturated heterocycles. The molecule has 1 aromatic rings. The number of carboxylic acids is 1. The first-order valence-electron chi connectivity index (χ1n) is 7.80. The molecule has 1 rings (SSSR count). The van der Waals surface area contributed by atoms with Crippen molar-refractivity contribution in [2.45, 2.75) is 26.9 Å². The average molecular weight is 352 g/mol. The van der Waals surface area contributed by atoms with Gasteiger partial charge in [-0.15, -0.1) is 0 Å². The second-order valence-electron chi connectivity index (χ2n) is 5.89. The number of para-hydroxylation sites is 1. The van der Waals surface area contributed by atoms with E-state index in [1.807, 2.05) is 0 Å². The maximum atomic E-state index is 12.3. The molecule has 0 aliphatic heterocycles. The van der Waals surface area contributed by atoms with Gasteiger partial charge in [-0.3, -0.25) is 4.79 Å². The number of carbonyl (C=O) groups is 3. The third-order valence-corrected chi connectivity index (χ3v) is 3.33. The van der Waals surface area contributed by atoms with Crippen LogP contribution in [0.1, 0.15) is 31.1 Å². The SMILES string of the molecule is COC(=O)c1cccc(NC(=O)N(C)CC(C)C(=O)O)c1OC(C)C. The first-order valence-corrected chi connectivity index (χ1v) is 7.80. The Morgan fingerprint density at radius 2 is 1.88 bits per heavy atom. The van der Waals surface area contributed by atoms with Crippen LogP contribution in [0, 0.1) is 5.92 Å². The maximum absolute atomic E-state index is 12.3. The standard InChI is InChI=1S/C17H24N2O6/c1-10(2)25-14-12(16(22)24-5)7-6-8-13(14)18-17(23)19(4)9-11(3)15(20)21/h6-8,10-11H,9H2,1-5H3,(H,18,23)(H,20,21). The van der Waals surface area contributed by atoms with E-state index in [9.17, 15) is 14.4 Å². The van der Waals surface area contributed by atoms with E-state index in [2.05, 4.69) is 5.32 Å². The van der Waals surface area contributed by atoms with Crippen LogP contribution in [0.25, 0.3) is 0 Å². The predicted molar refractivity (Wildman–Crippen MR) is 92.0 cm³/mol. The molecule has 0 saturated carbocycles. The molecule has 0 aromatic heterocycles. The fourth-order valence-corrected chi connectivity index (χ4v) is 2.05. The molecule has 1 atom stereocenters. The van der Waals surface area contributed by atoms with E-state index < -0.39 is 23.9 Å². The second-order valence-corrected chi connectivity index (χ2v) is 5.89. The first-order chi connectivity index (χ1) is 11.7. The van der Waals surface area contributed by atoms with Crippen LogP contribution in [0.3, 0.4) is 0 Å². The summed E-state index contributed by atoms with van der Waals surface area (Å²) in [7, 11) is 2.75. The first kappa shape index (κ1) is 20.3. The van der Waals surface area contributed by atoms with Gasteiger partial charge in [0.15, 0.2) is 5.75 Å². The van der Waals surface area contributed by atoms with Gasteiger partial charge in [-0.25, -0.2) is 9.59 Å². The monoisotopic (exact) mass is 352 g/mol. The number of rotatable bonds is 7. The molecule has 0 aliphatic rings. The number of amides is 2. The lowest BCUT2D eigenvalue weighted by Crippen LogP contribution is -2.36. The number of aliphatic carboxylic acids is 1. The highest BCUT2D eigenvalue weighted by Crippen LogP contribution is 2.31. The number of nitrogens with zero attached hydrogens (tertiary/aromatic N) is 1. The third kappa shape index (κ3) is 5.66. The number of hydrogen-bond donors (Lipinski definition) is 2. The molecule has 0 fully saturated rings. The molecule has 8 nitrogen and oxygen atoms in total. The molecule has 1 aromatic carbocycles. The molecule has 1 unspecified atom stereocenters. The molecule has 0 aliphatic carbocycles. The Morgan fingerprint density at radius 3 is 2.40 bits per heavy atom. The van der Waals surface area contributed by atoms with Gasteiger partial charge < -0.3 is 24.8 Å². The van der Waals surface area contributed by atoms with Crippen molar-refractivity contribution in [1.82, 2.24) is 4.90 Å². The van der Waals surface area contributed by atoms with E-state index >= 15 is 0 Å². The smallest absolute Gasteiger partial charge is 0.341 e. The molecule has 0 spiro atoms. The number of hydrogen-bond acceptors (Lipinski definition) is 5. The molecule has 0 bridgehead atoms. The van der Waals surface area contributed by atoms with Crippen LogP contribution < -0.4 is 10.1 Å². The molecule has 8 heteroatoms. The highest BCUT2D eigenvalue weighted by molar-refractivity contribution is 5.98. The van der Waals surface area contributed by atoms with Gasteiger partial charge in [-0.05, 0) is 26.0 Å². The molecule has 2 N–H and O–H groups in total. The van der Waals surface area contributed by atoms with Crippen molar-refractivity contribution in [3.8, 4) is 5.75 Å². The van der Waals surface area contributed by atoms with Gasteiger partial charge in [0, 0.05) is 13.6 Å². The van der Waals surface area contributed by atoms with E-state index in [0.717, 1.165) is 0 Å². The lowest BCUT2D eigenvalue weighted by Gasteiger charge is -2.22. The second kappa shape index (κ2) is 8.91. The normalized spacial score (nSPS) is 11.6. The molecular weight excluding hydrogens is 328 g/mol. The number of nitrogens with one attached hydrogen (secondary N) is 1. The van der Waals surface area contributed by atoms with Crippen molar-refractivity contribution >= 4 is 23.7 Å². The van der Waals surface area contributed by atoms with Gasteiger partial charge in [0.05, 0.1) is 24.8 Å². The summed E-state index contributed by atoms with van der Waals surface area (Å²) in [6.45, 7) is 5.14. The molecule has 0 heterocycles. The Hall–Kier alpha value is -2.77. The number of anilines is 1. The van der Waals surface area contributed by atoms with Crippen LogP contribution in [0.5, 0.6) is 5.75 Å². The van der Waals surface area contributed by atoms with Crippen LogP contribution in [-0.4, -0.2) is 54.8 Å². The molecule has 2 amide bonds. The van der Waals surface area contributed by atoms with Gasteiger partial charge in [0.25, 0.3) is 0 Å². The largest absolute Gasteiger partial charge is 0.488 e. The number of carboxylic acid groups (broad SMARTS) is 1. The zero-order chi connectivity index (χ0) is 19.1. The fourth-order valence-electron chi connectivity index (χ4n) is 2.05. The lowest BCUT2D eigenvalue weighted by atomic mass is 10.1. The Balaban J connectivity index is 3.05. The number of urea groups is 1. The maximum Gasteiger partial charge on any atom is 0.341 e. The van der Waals surface area contributed by atoms with Crippen molar-refractivity contribution in [1.29, 1.82) is 0 Å². The van der Waals surface area contributed by atoms with Gasteiger partial charge in [0.1, 0.15) is 5.56 Å². The van der Waals surface area contributed by atoms with Gasteiger partial charge >= 0.3 is 18.0 Å². The van der Waals surface area contributed by atoms with Gasteiger partial charge in [0.2, 0.25) is 0 Å².